The summed E-state index contributed by atoms with van der Waals surface area (Å²) in [5.74, 6) is 0.614. The summed E-state index contributed by atoms with van der Waals surface area (Å²) in [6.07, 6.45) is 6.30. The molecule has 2 heterocycles. The number of β-amino-alcohol motifs (C(OH)–C–C–N with tert-alkyl or cyclic N) is 1. The van der Waals surface area contributed by atoms with Crippen LogP contribution >= 0.6 is 11.6 Å². The second kappa shape index (κ2) is 6.82. The van der Waals surface area contributed by atoms with Crippen molar-refractivity contribution in [1.82, 2.24) is 14.5 Å². The van der Waals surface area contributed by atoms with E-state index in [2.05, 4.69) is 21.4 Å². The highest BCUT2D eigenvalue weighted by Gasteiger charge is 2.28. The summed E-state index contributed by atoms with van der Waals surface area (Å²) in [5.41, 5.74) is 0.807. The first-order valence-electron chi connectivity index (χ1n) is 7.77. The zero-order valence-corrected chi connectivity index (χ0v) is 13.5. The lowest BCUT2D eigenvalue weighted by Crippen LogP contribution is -2.42. The quantitative estimate of drug-likeness (QED) is 0.941. The summed E-state index contributed by atoms with van der Waals surface area (Å²) in [4.78, 5) is 6.47. The van der Waals surface area contributed by atoms with Gasteiger partial charge in [-0.2, -0.15) is 0 Å². The molecular weight excluding hydrogens is 298 g/mol. The standard InChI is InChI=1S/C17H22ClN3O/c1-13-6-8-20(10-16(13)21-9-7-19-12-21)11-17(22)14-4-2-3-5-15(14)18/h2-5,7,9,12-13,16-17,22H,6,8,10-11H2,1H3/t13-,16+,17+/m1/s1. The lowest BCUT2D eigenvalue weighted by atomic mass is 9.93. The van der Waals surface area contributed by atoms with Gasteiger partial charge in [0.05, 0.1) is 12.4 Å². The van der Waals surface area contributed by atoms with E-state index in [1.54, 1.807) is 0 Å². The summed E-state index contributed by atoms with van der Waals surface area (Å²) < 4.78 is 2.18. The Kier molecular flexibility index (Phi) is 4.81. The highest BCUT2D eigenvalue weighted by molar-refractivity contribution is 6.31. The predicted octanol–water partition coefficient (Wildman–Crippen LogP) is 3.15. The van der Waals surface area contributed by atoms with Gasteiger partial charge in [0.2, 0.25) is 0 Å². The molecule has 0 amide bonds. The van der Waals surface area contributed by atoms with E-state index in [0.29, 0.717) is 23.5 Å². The number of aliphatic hydroxyl groups is 1. The van der Waals surface area contributed by atoms with Gasteiger partial charge in [0.15, 0.2) is 0 Å². The number of hydrogen-bond acceptors (Lipinski definition) is 3. The van der Waals surface area contributed by atoms with E-state index in [1.165, 1.54) is 0 Å². The van der Waals surface area contributed by atoms with Gasteiger partial charge in [0.1, 0.15) is 0 Å². The summed E-state index contributed by atoms with van der Waals surface area (Å²) in [7, 11) is 0. The molecule has 3 atom stereocenters. The molecule has 0 unspecified atom stereocenters. The van der Waals surface area contributed by atoms with Crippen molar-refractivity contribution in [3.8, 4) is 0 Å². The molecule has 1 saturated heterocycles. The van der Waals surface area contributed by atoms with Crippen molar-refractivity contribution < 1.29 is 5.11 Å². The molecule has 1 aliphatic rings. The van der Waals surface area contributed by atoms with Crippen LogP contribution in [-0.4, -0.2) is 39.2 Å². The Labute approximate surface area is 136 Å². The van der Waals surface area contributed by atoms with Gasteiger partial charge in [0, 0.05) is 42.1 Å². The van der Waals surface area contributed by atoms with Crippen LogP contribution < -0.4 is 0 Å². The molecular formula is C17H22ClN3O. The Bertz CT molecular complexity index is 602. The molecule has 22 heavy (non-hydrogen) atoms. The molecule has 4 nitrogen and oxygen atoms in total. The van der Waals surface area contributed by atoms with Crippen molar-refractivity contribution in [2.24, 2.45) is 5.92 Å². The molecule has 1 aliphatic heterocycles. The molecule has 0 bridgehead atoms. The zero-order valence-electron chi connectivity index (χ0n) is 12.8. The molecule has 2 aromatic rings. The van der Waals surface area contributed by atoms with Crippen LogP contribution in [0.3, 0.4) is 0 Å². The molecule has 1 aromatic carbocycles. The van der Waals surface area contributed by atoms with Crippen LogP contribution in [0.2, 0.25) is 5.02 Å². The minimum atomic E-state index is -0.550. The van der Waals surface area contributed by atoms with Crippen molar-refractivity contribution in [2.45, 2.75) is 25.5 Å². The maximum Gasteiger partial charge on any atom is 0.0949 e. The molecule has 0 radical (unpaired) electrons. The summed E-state index contributed by atoms with van der Waals surface area (Å²) in [6.45, 7) is 4.83. The number of nitrogens with zero attached hydrogens (tertiary/aromatic N) is 3. The van der Waals surface area contributed by atoms with Crippen LogP contribution in [0.15, 0.2) is 43.0 Å². The second-order valence-corrected chi connectivity index (χ2v) is 6.55. The Morgan fingerprint density at radius 2 is 2.23 bits per heavy atom. The van der Waals surface area contributed by atoms with Crippen molar-refractivity contribution in [2.75, 3.05) is 19.6 Å². The number of aromatic nitrogens is 2. The van der Waals surface area contributed by atoms with Gasteiger partial charge in [-0.1, -0.05) is 36.7 Å². The van der Waals surface area contributed by atoms with Gasteiger partial charge >= 0.3 is 0 Å². The topological polar surface area (TPSA) is 41.3 Å². The number of aliphatic hydroxyl groups excluding tert-OH is 1. The smallest absolute Gasteiger partial charge is 0.0949 e. The van der Waals surface area contributed by atoms with Crippen LogP contribution in [0.25, 0.3) is 0 Å². The monoisotopic (exact) mass is 319 g/mol. The number of benzene rings is 1. The fraction of sp³-hybridized carbons (Fsp3) is 0.471. The van der Waals surface area contributed by atoms with E-state index < -0.39 is 6.10 Å². The van der Waals surface area contributed by atoms with E-state index in [-0.39, 0.29) is 0 Å². The number of halogens is 1. The number of rotatable bonds is 4. The van der Waals surface area contributed by atoms with Gasteiger partial charge in [-0.05, 0) is 24.9 Å². The lowest BCUT2D eigenvalue weighted by molar-refractivity contribution is 0.0686. The number of piperidine rings is 1. The van der Waals surface area contributed by atoms with Crippen LogP contribution in [-0.2, 0) is 0 Å². The Morgan fingerprint density at radius 3 is 2.95 bits per heavy atom. The molecule has 1 N–H and O–H groups in total. The first-order chi connectivity index (χ1) is 10.6. The first-order valence-corrected chi connectivity index (χ1v) is 8.15. The van der Waals surface area contributed by atoms with E-state index >= 15 is 0 Å². The van der Waals surface area contributed by atoms with Crippen LogP contribution in [0.4, 0.5) is 0 Å². The molecule has 0 aliphatic carbocycles. The minimum Gasteiger partial charge on any atom is -0.387 e. The van der Waals surface area contributed by atoms with Crippen molar-refractivity contribution >= 4 is 11.6 Å². The predicted molar refractivity (Wildman–Crippen MR) is 87.9 cm³/mol. The van der Waals surface area contributed by atoms with Gasteiger partial charge in [-0.25, -0.2) is 4.98 Å². The third-order valence-electron chi connectivity index (χ3n) is 4.61. The largest absolute Gasteiger partial charge is 0.387 e. The summed E-state index contributed by atoms with van der Waals surface area (Å²) in [6, 6.07) is 7.93. The third-order valence-corrected chi connectivity index (χ3v) is 4.95. The van der Waals surface area contributed by atoms with Crippen LogP contribution in [0.1, 0.15) is 31.1 Å². The maximum atomic E-state index is 10.5. The molecule has 0 saturated carbocycles. The molecule has 0 spiro atoms. The van der Waals surface area contributed by atoms with E-state index in [1.807, 2.05) is 43.0 Å². The number of imidazole rings is 1. The summed E-state index contributed by atoms with van der Waals surface area (Å²) >= 11 is 6.18. The molecule has 118 valence electrons. The van der Waals surface area contributed by atoms with Crippen molar-refractivity contribution in [3.63, 3.8) is 0 Å². The van der Waals surface area contributed by atoms with E-state index in [0.717, 1.165) is 25.1 Å². The van der Waals surface area contributed by atoms with Crippen molar-refractivity contribution in [3.05, 3.63) is 53.6 Å². The highest BCUT2D eigenvalue weighted by Crippen LogP contribution is 2.29. The lowest BCUT2D eigenvalue weighted by Gasteiger charge is -2.38. The second-order valence-electron chi connectivity index (χ2n) is 6.14. The van der Waals surface area contributed by atoms with E-state index in [9.17, 15) is 5.11 Å². The van der Waals surface area contributed by atoms with Gasteiger partial charge in [-0.15, -0.1) is 0 Å². The normalized spacial score (nSPS) is 24.3. The average molecular weight is 320 g/mol. The van der Waals surface area contributed by atoms with Gasteiger partial charge in [0.25, 0.3) is 0 Å². The van der Waals surface area contributed by atoms with Crippen LogP contribution in [0, 0.1) is 5.92 Å². The number of likely N-dealkylation sites (tertiary alicyclic amines) is 1. The Morgan fingerprint density at radius 1 is 1.41 bits per heavy atom. The molecule has 3 rings (SSSR count). The van der Waals surface area contributed by atoms with Gasteiger partial charge in [-0.3, -0.25) is 4.90 Å². The first kappa shape index (κ1) is 15.5. The Balaban J connectivity index is 1.67. The Hall–Kier alpha value is -1.36. The molecule has 1 aromatic heterocycles. The molecule has 5 heteroatoms. The zero-order chi connectivity index (χ0) is 15.5. The minimum absolute atomic E-state index is 0.412. The SMILES string of the molecule is C[C@@H]1CCN(C[C@H](O)c2ccccc2Cl)C[C@@H]1n1ccnc1. The van der Waals surface area contributed by atoms with Gasteiger partial charge < -0.3 is 9.67 Å². The highest BCUT2D eigenvalue weighted by atomic mass is 35.5. The average Bonchev–Trinajstić information content (AvgIpc) is 3.03. The third kappa shape index (κ3) is 3.35. The maximum absolute atomic E-state index is 10.5. The van der Waals surface area contributed by atoms with E-state index in [4.69, 9.17) is 11.6 Å². The fourth-order valence-electron chi connectivity index (χ4n) is 3.22. The van der Waals surface area contributed by atoms with Crippen LogP contribution in [0.5, 0.6) is 0 Å². The fourth-order valence-corrected chi connectivity index (χ4v) is 3.48. The summed E-state index contributed by atoms with van der Waals surface area (Å²) in [5, 5.41) is 11.1. The van der Waals surface area contributed by atoms with Crippen molar-refractivity contribution in [1.29, 1.82) is 0 Å². The number of hydrogen-bond donors (Lipinski definition) is 1. The molecule has 1 fully saturated rings.